The van der Waals surface area contributed by atoms with E-state index in [1.54, 1.807) is 5.32 Å². The van der Waals surface area contributed by atoms with Crippen LogP contribution in [0.15, 0.2) is 0 Å². The number of amides is 2. The molecule has 9 heteroatoms. The number of carboxylic acid groups (broad SMARTS) is 1. The quantitative estimate of drug-likeness (QED) is 0.819. The maximum Gasteiger partial charge on any atom is 0.422 e. The first-order valence-electron chi connectivity index (χ1n) is 6.52. The number of hydrogen-bond acceptors (Lipinski definition) is 3. The molecule has 1 rings (SSSR count). The molecule has 0 aromatic rings. The number of urea groups is 1. The van der Waals surface area contributed by atoms with Gasteiger partial charge in [0.05, 0.1) is 0 Å². The van der Waals surface area contributed by atoms with Gasteiger partial charge in [0, 0.05) is 19.1 Å². The first-order valence-corrected chi connectivity index (χ1v) is 6.52. The Bertz CT molecular complexity index is 406. The van der Waals surface area contributed by atoms with Gasteiger partial charge in [0.25, 0.3) is 0 Å². The Balaban J connectivity index is 2.71. The van der Waals surface area contributed by atoms with Crippen molar-refractivity contribution in [3.63, 3.8) is 0 Å². The van der Waals surface area contributed by atoms with Crippen LogP contribution in [0.5, 0.6) is 0 Å². The van der Waals surface area contributed by atoms with Gasteiger partial charge >= 0.3 is 18.2 Å². The molecule has 0 radical (unpaired) electrons. The highest BCUT2D eigenvalue weighted by Crippen LogP contribution is 2.30. The number of nitrogens with zero attached hydrogens (tertiary/aromatic N) is 2. The van der Waals surface area contributed by atoms with Gasteiger partial charge in [0.1, 0.15) is 0 Å². The van der Waals surface area contributed by atoms with E-state index in [9.17, 15) is 22.8 Å². The zero-order valence-electron chi connectivity index (χ0n) is 12.2. The summed E-state index contributed by atoms with van der Waals surface area (Å²) in [7, 11) is 3.79. The topological polar surface area (TPSA) is 72.9 Å². The third-order valence-electron chi connectivity index (χ3n) is 3.83. The lowest BCUT2D eigenvalue weighted by atomic mass is 10.0. The first-order chi connectivity index (χ1) is 9.49. The number of carbonyl (C=O) groups is 2. The minimum absolute atomic E-state index is 0.266. The molecule has 0 spiro atoms. The fourth-order valence-electron chi connectivity index (χ4n) is 2.12. The molecule has 6 nitrogen and oxygen atoms in total. The fourth-order valence-corrected chi connectivity index (χ4v) is 2.12. The van der Waals surface area contributed by atoms with E-state index in [0.717, 1.165) is 0 Å². The van der Waals surface area contributed by atoms with Crippen LogP contribution in [0.25, 0.3) is 0 Å². The molecule has 0 saturated carbocycles. The van der Waals surface area contributed by atoms with Crippen LogP contribution in [0, 0.1) is 0 Å². The van der Waals surface area contributed by atoms with E-state index >= 15 is 0 Å². The van der Waals surface area contributed by atoms with Crippen LogP contribution in [-0.2, 0) is 4.79 Å². The van der Waals surface area contributed by atoms with Crippen LogP contribution < -0.4 is 5.32 Å². The maximum absolute atomic E-state index is 12.8. The van der Waals surface area contributed by atoms with Gasteiger partial charge in [-0.05, 0) is 33.9 Å². The molecule has 1 atom stereocenters. The van der Waals surface area contributed by atoms with Crippen LogP contribution in [0.1, 0.15) is 19.8 Å². The summed E-state index contributed by atoms with van der Waals surface area (Å²) in [6.45, 7) is 1.03. The molecule has 1 unspecified atom stereocenters. The second-order valence-electron chi connectivity index (χ2n) is 5.54. The highest BCUT2D eigenvalue weighted by atomic mass is 19.4. The van der Waals surface area contributed by atoms with Crippen molar-refractivity contribution in [1.29, 1.82) is 0 Å². The molecule has 0 aliphatic carbocycles. The number of piperidine rings is 1. The molecule has 0 aromatic heterocycles. The van der Waals surface area contributed by atoms with Crippen molar-refractivity contribution in [3.8, 4) is 0 Å². The second-order valence-corrected chi connectivity index (χ2v) is 5.54. The molecule has 1 heterocycles. The van der Waals surface area contributed by atoms with E-state index < -0.39 is 23.7 Å². The standard InChI is InChI=1S/C12H20F3N3O3/c1-11(9(19)20,12(13,14)15)16-10(21)18-6-4-8(5-7-18)17(2)3/h8H,4-7H2,1-3H3,(H,16,21)(H,19,20). The molecule has 1 saturated heterocycles. The molecule has 2 amide bonds. The van der Waals surface area contributed by atoms with Gasteiger partial charge in [-0.3, -0.25) is 0 Å². The van der Waals surface area contributed by atoms with Crippen molar-refractivity contribution in [2.75, 3.05) is 27.2 Å². The molecule has 21 heavy (non-hydrogen) atoms. The van der Waals surface area contributed by atoms with E-state index in [2.05, 4.69) is 0 Å². The van der Waals surface area contributed by atoms with Gasteiger partial charge in [-0.15, -0.1) is 0 Å². The average Bonchev–Trinajstić information content (AvgIpc) is 2.37. The molecule has 1 aliphatic heterocycles. The summed E-state index contributed by atoms with van der Waals surface area (Å²) >= 11 is 0. The summed E-state index contributed by atoms with van der Waals surface area (Å²) in [5, 5.41) is 10.4. The molecule has 2 N–H and O–H groups in total. The molecular formula is C12H20F3N3O3. The maximum atomic E-state index is 12.8. The number of alkyl halides is 3. The predicted octanol–water partition coefficient (Wildman–Crippen LogP) is 1.13. The van der Waals surface area contributed by atoms with Gasteiger partial charge < -0.3 is 20.2 Å². The van der Waals surface area contributed by atoms with Gasteiger partial charge in [-0.25, -0.2) is 9.59 Å². The number of hydrogen-bond donors (Lipinski definition) is 2. The van der Waals surface area contributed by atoms with E-state index in [-0.39, 0.29) is 6.04 Å². The summed E-state index contributed by atoms with van der Waals surface area (Å²) in [5.41, 5.74) is -3.29. The third-order valence-corrected chi connectivity index (χ3v) is 3.83. The van der Waals surface area contributed by atoms with E-state index in [0.29, 0.717) is 32.9 Å². The highest BCUT2D eigenvalue weighted by Gasteiger charge is 2.58. The minimum atomic E-state index is -5.07. The number of nitrogens with one attached hydrogen (secondary N) is 1. The summed E-state index contributed by atoms with van der Waals surface area (Å²) in [6.07, 6.45) is -3.80. The van der Waals surface area contributed by atoms with Crippen molar-refractivity contribution < 1.29 is 27.9 Å². The Hall–Kier alpha value is -1.51. The lowest BCUT2D eigenvalue weighted by Crippen LogP contribution is -2.64. The molecule has 1 aliphatic rings. The van der Waals surface area contributed by atoms with Crippen molar-refractivity contribution in [2.45, 2.75) is 37.5 Å². The monoisotopic (exact) mass is 311 g/mol. The molecule has 122 valence electrons. The van der Waals surface area contributed by atoms with Crippen LogP contribution in [0.4, 0.5) is 18.0 Å². The summed E-state index contributed by atoms with van der Waals surface area (Å²) < 4.78 is 38.5. The van der Waals surface area contributed by atoms with Gasteiger partial charge in [-0.1, -0.05) is 0 Å². The van der Waals surface area contributed by atoms with Crippen molar-refractivity contribution in [2.24, 2.45) is 0 Å². The summed E-state index contributed by atoms with van der Waals surface area (Å²) in [6, 6.07) is -0.739. The van der Waals surface area contributed by atoms with E-state index in [4.69, 9.17) is 5.11 Å². The highest BCUT2D eigenvalue weighted by molar-refractivity contribution is 5.86. The Morgan fingerprint density at radius 2 is 1.71 bits per heavy atom. The number of aliphatic carboxylic acids is 1. The first kappa shape index (κ1) is 17.5. The van der Waals surface area contributed by atoms with Gasteiger partial charge in [-0.2, -0.15) is 13.2 Å². The fraction of sp³-hybridized carbons (Fsp3) is 0.833. The Morgan fingerprint density at radius 3 is 2.05 bits per heavy atom. The molecule has 0 bridgehead atoms. The number of carbonyl (C=O) groups excluding carboxylic acids is 1. The smallest absolute Gasteiger partial charge is 0.422 e. The second kappa shape index (κ2) is 6.08. The third kappa shape index (κ3) is 3.78. The SMILES string of the molecule is CN(C)C1CCN(C(=O)NC(C)(C(=O)O)C(F)(F)F)CC1. The summed E-state index contributed by atoms with van der Waals surface area (Å²) in [4.78, 5) is 26.0. The predicted molar refractivity (Wildman–Crippen MR) is 68.9 cm³/mol. The largest absolute Gasteiger partial charge is 0.479 e. The zero-order valence-corrected chi connectivity index (χ0v) is 12.2. The number of likely N-dealkylation sites (tertiary alicyclic amines) is 1. The van der Waals surface area contributed by atoms with E-state index in [1.165, 1.54) is 4.90 Å². The lowest BCUT2D eigenvalue weighted by Gasteiger charge is -2.37. The summed E-state index contributed by atoms with van der Waals surface area (Å²) in [5.74, 6) is -2.13. The van der Waals surface area contributed by atoms with Gasteiger partial charge in [0.15, 0.2) is 0 Å². The van der Waals surface area contributed by atoms with Crippen molar-refractivity contribution in [3.05, 3.63) is 0 Å². The Labute approximate surface area is 120 Å². The normalized spacial score (nSPS) is 20.2. The van der Waals surface area contributed by atoms with E-state index in [1.807, 2.05) is 19.0 Å². The van der Waals surface area contributed by atoms with Gasteiger partial charge in [0.2, 0.25) is 5.54 Å². The Morgan fingerprint density at radius 1 is 1.24 bits per heavy atom. The van der Waals surface area contributed by atoms with Crippen molar-refractivity contribution in [1.82, 2.24) is 15.1 Å². The lowest BCUT2D eigenvalue weighted by molar-refractivity contribution is -0.203. The molecule has 0 aromatic carbocycles. The molecule has 1 fully saturated rings. The number of carboxylic acids is 1. The number of rotatable bonds is 3. The van der Waals surface area contributed by atoms with Crippen LogP contribution >= 0.6 is 0 Å². The molecular weight excluding hydrogens is 291 g/mol. The zero-order chi connectivity index (χ0) is 16.4. The average molecular weight is 311 g/mol. The van der Waals surface area contributed by atoms with Crippen LogP contribution in [0.3, 0.4) is 0 Å². The van der Waals surface area contributed by atoms with Crippen LogP contribution in [0.2, 0.25) is 0 Å². The minimum Gasteiger partial charge on any atom is -0.479 e. The van der Waals surface area contributed by atoms with Crippen LogP contribution in [-0.4, -0.2) is 71.8 Å². The Kier molecular flexibility index (Phi) is 5.08. The number of halogens is 3. The van der Waals surface area contributed by atoms with Crippen molar-refractivity contribution >= 4 is 12.0 Å².